The number of esters is 1. The van der Waals surface area contributed by atoms with Crippen LogP contribution in [0.15, 0.2) is 29.3 Å². The topological polar surface area (TPSA) is 38.7 Å². The van der Waals surface area contributed by atoms with Gasteiger partial charge in [-0.2, -0.15) is 0 Å². The van der Waals surface area contributed by atoms with E-state index in [1.165, 1.54) is 0 Å². The predicted octanol–water partition coefficient (Wildman–Crippen LogP) is 2.83. The molecule has 0 saturated heterocycles. The van der Waals surface area contributed by atoms with E-state index in [1.807, 2.05) is 25.1 Å². The number of halogens is 1. The quantitative estimate of drug-likeness (QED) is 0.586. The van der Waals surface area contributed by atoms with Crippen LogP contribution in [-0.2, 0) is 9.53 Å². The summed E-state index contributed by atoms with van der Waals surface area (Å²) in [5, 5.41) is -0.147. The van der Waals surface area contributed by atoms with Gasteiger partial charge in [-0.15, -0.1) is 0 Å². The zero-order valence-corrected chi connectivity index (χ0v) is 9.41. The lowest BCUT2D eigenvalue weighted by Gasteiger charge is -2.01. The SMILES string of the molecule is CCOC(=O)/C(Cl)=N/c1ccccc1C. The molecule has 0 atom stereocenters. The molecular weight excluding hydrogens is 214 g/mol. The molecule has 4 heteroatoms. The van der Waals surface area contributed by atoms with Crippen LogP contribution in [0.1, 0.15) is 12.5 Å². The maximum atomic E-state index is 11.2. The summed E-state index contributed by atoms with van der Waals surface area (Å²) in [6.07, 6.45) is 0. The molecule has 0 heterocycles. The first-order valence-electron chi connectivity index (χ1n) is 4.62. The standard InChI is InChI=1S/C11H12ClNO2/c1-3-15-11(14)10(12)13-9-7-5-4-6-8(9)2/h4-7H,3H2,1-2H3/b13-10-. The number of aryl methyl sites for hydroxylation is 1. The summed E-state index contributed by atoms with van der Waals surface area (Å²) in [6, 6.07) is 7.42. The van der Waals surface area contributed by atoms with Gasteiger partial charge < -0.3 is 4.74 Å². The molecule has 0 spiro atoms. The smallest absolute Gasteiger partial charge is 0.368 e. The van der Waals surface area contributed by atoms with Crippen molar-refractivity contribution in [1.82, 2.24) is 0 Å². The number of rotatable bonds is 3. The second-order valence-corrected chi connectivity index (χ2v) is 3.27. The summed E-state index contributed by atoms with van der Waals surface area (Å²) in [5.74, 6) is -0.595. The number of aliphatic imine (C=N–C) groups is 1. The van der Waals surface area contributed by atoms with E-state index in [9.17, 15) is 4.79 Å². The van der Waals surface area contributed by atoms with Crippen molar-refractivity contribution in [2.45, 2.75) is 13.8 Å². The Morgan fingerprint density at radius 1 is 1.47 bits per heavy atom. The molecule has 0 aromatic heterocycles. The average Bonchev–Trinajstić information content (AvgIpc) is 2.21. The Labute approximate surface area is 93.7 Å². The van der Waals surface area contributed by atoms with E-state index in [1.54, 1.807) is 13.0 Å². The van der Waals surface area contributed by atoms with Crippen LogP contribution in [-0.4, -0.2) is 17.7 Å². The van der Waals surface area contributed by atoms with Gasteiger partial charge in [-0.25, -0.2) is 9.79 Å². The molecule has 3 nitrogen and oxygen atoms in total. The largest absolute Gasteiger partial charge is 0.461 e. The molecule has 1 rings (SSSR count). The molecule has 1 aromatic carbocycles. The Morgan fingerprint density at radius 2 is 2.13 bits per heavy atom. The van der Waals surface area contributed by atoms with E-state index in [2.05, 4.69) is 4.99 Å². The van der Waals surface area contributed by atoms with E-state index in [0.717, 1.165) is 5.56 Å². The van der Waals surface area contributed by atoms with Crippen molar-refractivity contribution in [1.29, 1.82) is 0 Å². The molecule has 0 saturated carbocycles. The van der Waals surface area contributed by atoms with Crippen molar-refractivity contribution in [3.8, 4) is 0 Å². The predicted molar refractivity (Wildman–Crippen MR) is 60.8 cm³/mol. The highest BCUT2D eigenvalue weighted by atomic mass is 35.5. The molecule has 15 heavy (non-hydrogen) atoms. The Balaban J connectivity index is 2.88. The van der Waals surface area contributed by atoms with Crippen LogP contribution in [0.2, 0.25) is 0 Å². The zero-order chi connectivity index (χ0) is 11.3. The minimum Gasteiger partial charge on any atom is -0.461 e. The molecule has 0 aliphatic rings. The zero-order valence-electron chi connectivity index (χ0n) is 8.66. The molecule has 0 aliphatic heterocycles. The fourth-order valence-corrected chi connectivity index (χ4v) is 1.18. The van der Waals surface area contributed by atoms with Crippen LogP contribution < -0.4 is 0 Å². The number of hydrogen-bond donors (Lipinski definition) is 0. The van der Waals surface area contributed by atoms with Gasteiger partial charge in [-0.3, -0.25) is 0 Å². The molecule has 0 unspecified atom stereocenters. The summed E-state index contributed by atoms with van der Waals surface area (Å²) in [4.78, 5) is 15.2. The Morgan fingerprint density at radius 3 is 2.73 bits per heavy atom. The number of nitrogens with zero attached hydrogens (tertiary/aromatic N) is 1. The molecular formula is C11H12ClNO2. The van der Waals surface area contributed by atoms with Crippen LogP contribution in [0.4, 0.5) is 5.69 Å². The van der Waals surface area contributed by atoms with E-state index in [-0.39, 0.29) is 5.17 Å². The fraction of sp³-hybridized carbons (Fsp3) is 0.273. The minimum atomic E-state index is -0.595. The lowest BCUT2D eigenvalue weighted by atomic mass is 10.2. The van der Waals surface area contributed by atoms with Crippen LogP contribution in [0, 0.1) is 6.92 Å². The maximum absolute atomic E-state index is 11.2. The highest BCUT2D eigenvalue weighted by molar-refractivity contribution is 6.82. The molecule has 1 aromatic rings. The van der Waals surface area contributed by atoms with Crippen molar-refractivity contribution in [3.63, 3.8) is 0 Å². The number of carbonyl (C=O) groups excluding carboxylic acids is 1. The lowest BCUT2D eigenvalue weighted by molar-refractivity contribution is -0.134. The summed E-state index contributed by atoms with van der Waals surface area (Å²) in [7, 11) is 0. The Bertz CT molecular complexity index is 388. The summed E-state index contributed by atoms with van der Waals surface area (Å²) in [5.41, 5.74) is 1.63. The third-order valence-electron chi connectivity index (χ3n) is 1.78. The van der Waals surface area contributed by atoms with Gasteiger partial charge in [0.1, 0.15) is 0 Å². The number of carbonyl (C=O) groups is 1. The second kappa shape index (κ2) is 5.51. The normalized spacial score (nSPS) is 11.3. The van der Waals surface area contributed by atoms with Crippen molar-refractivity contribution >= 4 is 28.4 Å². The monoisotopic (exact) mass is 225 g/mol. The molecule has 0 N–H and O–H groups in total. The first-order valence-corrected chi connectivity index (χ1v) is 5.00. The van der Waals surface area contributed by atoms with Crippen LogP contribution in [0.5, 0.6) is 0 Å². The third-order valence-corrected chi connectivity index (χ3v) is 2.02. The Kier molecular flexibility index (Phi) is 4.31. The number of para-hydroxylation sites is 1. The highest BCUT2D eigenvalue weighted by Gasteiger charge is 2.09. The minimum absolute atomic E-state index is 0.147. The first-order chi connectivity index (χ1) is 7.15. The van der Waals surface area contributed by atoms with E-state index < -0.39 is 5.97 Å². The molecule has 0 bridgehead atoms. The Hall–Kier alpha value is -1.35. The maximum Gasteiger partial charge on any atom is 0.368 e. The average molecular weight is 226 g/mol. The van der Waals surface area contributed by atoms with Gasteiger partial charge in [0, 0.05) is 0 Å². The van der Waals surface area contributed by atoms with Gasteiger partial charge in [0.15, 0.2) is 0 Å². The number of ether oxygens (including phenoxy) is 1. The number of benzene rings is 1. The van der Waals surface area contributed by atoms with Crippen LogP contribution in [0.3, 0.4) is 0 Å². The van der Waals surface area contributed by atoms with Crippen molar-refractivity contribution in [2.75, 3.05) is 6.61 Å². The van der Waals surface area contributed by atoms with Crippen LogP contribution in [0.25, 0.3) is 0 Å². The van der Waals surface area contributed by atoms with Gasteiger partial charge in [0.2, 0.25) is 5.17 Å². The fourth-order valence-electron chi connectivity index (χ4n) is 1.03. The van der Waals surface area contributed by atoms with Crippen LogP contribution >= 0.6 is 11.6 Å². The summed E-state index contributed by atoms with van der Waals surface area (Å²) >= 11 is 5.69. The summed E-state index contributed by atoms with van der Waals surface area (Å²) in [6.45, 7) is 3.91. The van der Waals surface area contributed by atoms with Gasteiger partial charge in [-0.1, -0.05) is 29.8 Å². The third kappa shape index (κ3) is 3.36. The van der Waals surface area contributed by atoms with Crippen molar-refractivity contribution < 1.29 is 9.53 Å². The van der Waals surface area contributed by atoms with E-state index in [0.29, 0.717) is 12.3 Å². The lowest BCUT2D eigenvalue weighted by Crippen LogP contribution is -2.11. The van der Waals surface area contributed by atoms with Gasteiger partial charge in [0.25, 0.3) is 0 Å². The van der Waals surface area contributed by atoms with E-state index in [4.69, 9.17) is 16.3 Å². The first kappa shape index (κ1) is 11.7. The molecule has 0 radical (unpaired) electrons. The number of hydrogen-bond acceptors (Lipinski definition) is 3. The molecule has 0 fully saturated rings. The van der Waals surface area contributed by atoms with E-state index >= 15 is 0 Å². The van der Waals surface area contributed by atoms with Crippen molar-refractivity contribution in [3.05, 3.63) is 29.8 Å². The second-order valence-electron chi connectivity index (χ2n) is 2.91. The molecule has 0 aliphatic carbocycles. The highest BCUT2D eigenvalue weighted by Crippen LogP contribution is 2.18. The molecule has 0 amide bonds. The van der Waals surface area contributed by atoms with Gasteiger partial charge in [-0.05, 0) is 25.5 Å². The van der Waals surface area contributed by atoms with Crippen molar-refractivity contribution in [2.24, 2.45) is 4.99 Å². The van der Waals surface area contributed by atoms with Gasteiger partial charge >= 0.3 is 5.97 Å². The molecule has 80 valence electrons. The van der Waals surface area contributed by atoms with Gasteiger partial charge in [0.05, 0.1) is 12.3 Å². The summed E-state index contributed by atoms with van der Waals surface area (Å²) < 4.78 is 4.71.